The van der Waals surface area contributed by atoms with E-state index >= 15 is 0 Å². The van der Waals surface area contributed by atoms with Crippen molar-refractivity contribution in [2.45, 2.75) is 233 Å². The Labute approximate surface area is 335 Å². The monoisotopic (exact) mass is 737 g/mol. The number of unbranched alkanes of at least 4 members (excludes halogenated alkanes) is 27. The predicted molar refractivity (Wildman–Crippen MR) is 240 cm³/mol. The summed E-state index contributed by atoms with van der Waals surface area (Å²) in [4.78, 5) is 3.28. The molecule has 54 heavy (non-hydrogen) atoms. The third-order valence-corrected chi connectivity index (χ3v) is 11.5. The molecule has 0 saturated heterocycles. The summed E-state index contributed by atoms with van der Waals surface area (Å²) >= 11 is 0. The molecule has 2 nitrogen and oxygen atoms in total. The maximum atomic E-state index is 9.32. The second-order valence-corrected chi connectivity index (χ2v) is 16.5. The minimum Gasteiger partial charge on any atom is -0.348 e. The number of rotatable bonds is 36. The lowest BCUT2D eigenvalue weighted by Gasteiger charge is -2.12. The van der Waals surface area contributed by atoms with Crippen LogP contribution in [0.3, 0.4) is 0 Å². The molecule has 0 aliphatic carbocycles. The van der Waals surface area contributed by atoms with E-state index in [0.29, 0.717) is 0 Å². The molecule has 0 aliphatic rings. The van der Waals surface area contributed by atoms with Crippen molar-refractivity contribution in [1.29, 1.82) is 0 Å². The number of nitrogens with zero attached hydrogens (tertiary/aromatic N) is 2. The molecule has 0 atom stereocenters. The van der Waals surface area contributed by atoms with Gasteiger partial charge < -0.3 is 5.53 Å². The van der Waals surface area contributed by atoms with Gasteiger partial charge in [-0.15, -0.1) is 4.79 Å². The van der Waals surface area contributed by atoms with Gasteiger partial charge in [-0.05, 0) is 72.4 Å². The van der Waals surface area contributed by atoms with E-state index in [1.807, 2.05) is 0 Å². The second-order valence-electron chi connectivity index (χ2n) is 16.5. The molecule has 0 fully saturated rings. The molecule has 0 aromatic heterocycles. The summed E-state index contributed by atoms with van der Waals surface area (Å²) < 4.78 is 0. The normalized spacial score (nSPS) is 11.5. The van der Waals surface area contributed by atoms with Gasteiger partial charge in [0.2, 0.25) is 0 Å². The van der Waals surface area contributed by atoms with Crippen molar-refractivity contribution in [1.82, 2.24) is 0 Å². The molecular formula is C52H84N2. The van der Waals surface area contributed by atoms with Crippen LogP contribution in [0, 0.1) is 0 Å². The summed E-state index contributed by atoms with van der Waals surface area (Å²) in [5.74, 6) is 2.85. The molecule has 0 bridgehead atoms. The third kappa shape index (κ3) is 24.7. The lowest BCUT2D eigenvalue weighted by Crippen LogP contribution is -1.94. The van der Waals surface area contributed by atoms with Crippen LogP contribution in [0.5, 0.6) is 0 Å². The first-order chi connectivity index (χ1) is 26.7. The van der Waals surface area contributed by atoms with E-state index in [1.54, 1.807) is 0 Å². The first-order valence-corrected chi connectivity index (χ1v) is 23.6. The van der Waals surface area contributed by atoms with Gasteiger partial charge in [0.25, 0.3) is 0 Å². The SMILES string of the molecule is CCCCCCCCCCCCCCCCCCCCCCCCCCc1ccc(C(=CC(=C=[N+]=[N-])CCCC)c2ccc(CCCCCC)cc2)cc1. The Morgan fingerprint density at radius 3 is 1.04 bits per heavy atom. The Hall–Kier alpha value is -2.66. The topological polar surface area (TPSA) is 36.4 Å². The van der Waals surface area contributed by atoms with Crippen LogP contribution in [0.15, 0.2) is 60.2 Å². The van der Waals surface area contributed by atoms with Crippen LogP contribution in [0.4, 0.5) is 0 Å². The molecule has 302 valence electrons. The Bertz CT molecular complexity index is 1260. The van der Waals surface area contributed by atoms with Gasteiger partial charge >= 0.3 is 5.87 Å². The number of hydrogen-bond donors (Lipinski definition) is 0. The number of aryl methyl sites for hydroxylation is 2. The summed E-state index contributed by atoms with van der Waals surface area (Å²) in [5, 5.41) is 0. The zero-order valence-electron chi connectivity index (χ0n) is 35.9. The van der Waals surface area contributed by atoms with Crippen LogP contribution in [0.25, 0.3) is 11.1 Å². The van der Waals surface area contributed by atoms with Gasteiger partial charge in [0.1, 0.15) is 0 Å². The van der Waals surface area contributed by atoms with Crippen molar-refractivity contribution < 1.29 is 4.79 Å². The lowest BCUT2D eigenvalue weighted by molar-refractivity contribution is 0.00746. The van der Waals surface area contributed by atoms with E-state index in [0.717, 1.165) is 37.7 Å². The predicted octanol–water partition coefficient (Wildman–Crippen LogP) is 17.2. The molecular weight excluding hydrogens is 653 g/mol. The van der Waals surface area contributed by atoms with Crippen LogP contribution in [-0.2, 0) is 12.8 Å². The molecule has 0 N–H and O–H groups in total. The van der Waals surface area contributed by atoms with Crippen molar-refractivity contribution in [2.24, 2.45) is 0 Å². The van der Waals surface area contributed by atoms with Crippen molar-refractivity contribution in [2.75, 3.05) is 0 Å². The molecule has 0 heterocycles. The smallest absolute Gasteiger partial charge is 0.303 e. The summed E-state index contributed by atoms with van der Waals surface area (Å²) in [5.41, 5.74) is 16.7. The average Bonchev–Trinajstić information content (AvgIpc) is 3.20. The quantitative estimate of drug-likeness (QED) is 0.0220. The highest BCUT2D eigenvalue weighted by Crippen LogP contribution is 2.28. The molecule has 0 spiro atoms. The fourth-order valence-corrected chi connectivity index (χ4v) is 7.85. The van der Waals surface area contributed by atoms with Gasteiger partial charge in [0.15, 0.2) is 0 Å². The van der Waals surface area contributed by atoms with Gasteiger partial charge in [-0.1, -0.05) is 243 Å². The highest BCUT2D eigenvalue weighted by molar-refractivity contribution is 5.83. The number of allylic oxidation sites excluding steroid dienone is 2. The summed E-state index contributed by atoms with van der Waals surface area (Å²) in [6.07, 6.45) is 47.1. The minimum absolute atomic E-state index is 0.858. The van der Waals surface area contributed by atoms with E-state index in [4.69, 9.17) is 0 Å². The van der Waals surface area contributed by atoms with E-state index in [2.05, 4.69) is 86.0 Å². The van der Waals surface area contributed by atoms with Crippen LogP contribution < -0.4 is 0 Å². The average molecular weight is 737 g/mol. The van der Waals surface area contributed by atoms with Crippen molar-refractivity contribution in [3.63, 3.8) is 0 Å². The molecule has 0 saturated carbocycles. The van der Waals surface area contributed by atoms with E-state index in [1.165, 1.54) is 208 Å². The molecule has 2 aromatic rings. The van der Waals surface area contributed by atoms with Gasteiger partial charge in [-0.25, -0.2) is 0 Å². The van der Waals surface area contributed by atoms with Gasteiger partial charge in [-0.3, -0.25) is 0 Å². The molecule has 2 aromatic carbocycles. The lowest BCUT2D eigenvalue weighted by atomic mass is 9.92. The number of hydrogen-bond acceptors (Lipinski definition) is 0. The second kappa shape index (κ2) is 34.8. The summed E-state index contributed by atoms with van der Waals surface area (Å²) in [7, 11) is 0. The summed E-state index contributed by atoms with van der Waals surface area (Å²) in [6, 6.07) is 18.3. The highest BCUT2D eigenvalue weighted by atomic mass is 14.8. The standard InChI is InChI=1S/C52H84N2/c1-4-7-10-12-13-14-15-16-17-18-19-20-21-22-23-24-25-26-27-28-29-30-31-33-36-48-39-43-51(44-40-48)52(45-49(46-54-53)34-9-6-3)50-41-37-47(38-42-50)35-32-11-8-5-2/h37-45H,4-36H2,1-3H3. The van der Waals surface area contributed by atoms with Crippen molar-refractivity contribution in [3.8, 4) is 0 Å². The molecule has 0 unspecified atom stereocenters. The maximum Gasteiger partial charge on any atom is 0.303 e. The largest absolute Gasteiger partial charge is 0.348 e. The van der Waals surface area contributed by atoms with Crippen LogP contribution >= 0.6 is 0 Å². The van der Waals surface area contributed by atoms with Crippen molar-refractivity contribution in [3.05, 3.63) is 88.0 Å². The van der Waals surface area contributed by atoms with Crippen LogP contribution in [0.1, 0.15) is 242 Å². The summed E-state index contributed by atoms with van der Waals surface area (Å²) in [6.45, 7) is 6.77. The van der Waals surface area contributed by atoms with Crippen LogP contribution in [-0.4, -0.2) is 10.7 Å². The van der Waals surface area contributed by atoms with Crippen molar-refractivity contribution >= 4 is 11.4 Å². The highest BCUT2D eigenvalue weighted by Gasteiger charge is 2.09. The zero-order valence-corrected chi connectivity index (χ0v) is 35.9. The van der Waals surface area contributed by atoms with E-state index < -0.39 is 0 Å². The fraction of sp³-hybridized carbons (Fsp3) is 0.692. The van der Waals surface area contributed by atoms with Gasteiger partial charge in [0.05, 0.1) is 5.57 Å². The van der Waals surface area contributed by atoms with E-state index in [-0.39, 0.29) is 0 Å². The molecule has 0 aliphatic heterocycles. The first-order valence-electron chi connectivity index (χ1n) is 23.6. The maximum absolute atomic E-state index is 9.32. The molecule has 0 amide bonds. The number of benzene rings is 2. The minimum atomic E-state index is 0.858. The Kier molecular flexibility index (Phi) is 30.6. The molecule has 2 rings (SSSR count). The molecule has 2 heteroatoms. The van der Waals surface area contributed by atoms with Gasteiger partial charge in [-0.2, -0.15) is 0 Å². The Morgan fingerprint density at radius 1 is 0.426 bits per heavy atom. The Morgan fingerprint density at radius 2 is 0.722 bits per heavy atom. The van der Waals surface area contributed by atoms with Crippen LogP contribution in [0.2, 0.25) is 0 Å². The third-order valence-electron chi connectivity index (χ3n) is 11.5. The Balaban J connectivity index is 1.59. The molecule has 0 radical (unpaired) electrons. The van der Waals surface area contributed by atoms with Gasteiger partial charge in [0, 0.05) is 0 Å². The fourth-order valence-electron chi connectivity index (χ4n) is 7.85. The van der Waals surface area contributed by atoms with E-state index in [9.17, 15) is 5.53 Å². The zero-order chi connectivity index (χ0) is 38.6. The first kappa shape index (κ1) is 47.5.